The molecular weight excluding hydrogens is 540 g/mol. The van der Waals surface area contributed by atoms with Gasteiger partial charge < -0.3 is 30.2 Å². The highest BCUT2D eigenvalue weighted by Gasteiger charge is 2.80. The molecule has 1 aromatic rings. The molecule has 9 atom stereocenters. The van der Waals surface area contributed by atoms with Gasteiger partial charge in [-0.15, -0.1) is 0 Å². The summed E-state index contributed by atoms with van der Waals surface area (Å²) in [5, 5.41) is 8.59. The Balaban J connectivity index is 1.12. The number of carbonyl (C=O) groups is 4. The number of nitrogens with one attached hydrogen (secondary N) is 3. The maximum Gasteiger partial charge on any atom is 0.243 e. The molecule has 3 amide bonds. The van der Waals surface area contributed by atoms with E-state index in [4.69, 9.17) is 14.2 Å². The number of ether oxygens (including phenoxy) is 3. The quantitative estimate of drug-likeness (QED) is 0.267. The number of fused-ring (bicyclic) bond motifs is 1. The van der Waals surface area contributed by atoms with Gasteiger partial charge in [-0.05, 0) is 74.0 Å². The molecule has 6 aliphatic rings. The number of hydrogen-bond acceptors (Lipinski definition) is 8. The van der Waals surface area contributed by atoms with Crippen LogP contribution in [0.5, 0.6) is 5.75 Å². The Morgan fingerprint density at radius 1 is 1.00 bits per heavy atom. The van der Waals surface area contributed by atoms with Gasteiger partial charge in [0, 0.05) is 19.5 Å². The molecule has 2 aliphatic heterocycles. The van der Waals surface area contributed by atoms with E-state index in [1.165, 1.54) is 0 Å². The summed E-state index contributed by atoms with van der Waals surface area (Å²) >= 11 is 0. The van der Waals surface area contributed by atoms with Gasteiger partial charge in [-0.25, -0.2) is 0 Å². The molecule has 228 valence electrons. The van der Waals surface area contributed by atoms with Crippen molar-refractivity contribution in [3.8, 4) is 5.75 Å². The number of benzene rings is 1. The maximum absolute atomic E-state index is 13.8. The number of amides is 3. The molecule has 3 N–H and O–H groups in total. The first-order valence-electron chi connectivity index (χ1n) is 15.2. The van der Waals surface area contributed by atoms with Gasteiger partial charge in [-0.1, -0.05) is 12.1 Å². The highest BCUT2D eigenvalue weighted by Crippen LogP contribution is 2.84. The molecule has 0 aromatic heterocycles. The van der Waals surface area contributed by atoms with Crippen molar-refractivity contribution in [1.82, 2.24) is 20.9 Å². The minimum atomic E-state index is -0.949. The fourth-order valence-electron chi connectivity index (χ4n) is 7.19. The van der Waals surface area contributed by atoms with Crippen LogP contribution in [0.3, 0.4) is 0 Å². The topological polar surface area (TPSA) is 139 Å². The summed E-state index contributed by atoms with van der Waals surface area (Å²) in [5.41, 5.74) is -0.0405. The summed E-state index contributed by atoms with van der Waals surface area (Å²) in [6, 6.07) is 4.81. The van der Waals surface area contributed by atoms with Gasteiger partial charge in [0.15, 0.2) is 5.78 Å². The Labute approximate surface area is 246 Å². The van der Waals surface area contributed by atoms with E-state index in [-0.39, 0.29) is 24.7 Å². The van der Waals surface area contributed by atoms with Crippen molar-refractivity contribution in [2.45, 2.75) is 56.8 Å². The van der Waals surface area contributed by atoms with Crippen molar-refractivity contribution in [2.75, 3.05) is 46.6 Å². The minimum Gasteiger partial charge on any atom is -0.497 e. The van der Waals surface area contributed by atoms with Gasteiger partial charge in [0.25, 0.3) is 0 Å². The molecule has 11 nitrogen and oxygen atoms in total. The van der Waals surface area contributed by atoms with Crippen LogP contribution >= 0.6 is 0 Å². The lowest BCUT2D eigenvalue weighted by Crippen LogP contribution is -2.57. The summed E-state index contributed by atoms with van der Waals surface area (Å²) in [4.78, 5) is 55.1. The standard InChI is InChI=1S/C31H42N4O7/c1-17(32-24(36)15-35-8-10-41-11-9-35)29(38)34-23(12-18-4-6-20(40-3)7-5-18)30(39)33-22(28(37)31(2)16-42-31)14-19-13-21-26-25(19)27(21)26/h4-7,17,19,21-23,25-27H,8-16H2,1-3H3,(H,32,36)(H,33,39)(H,34,38)/t17-,19+,21?,22-,23-,25?,26-,27?,31+/m0/s1. The van der Waals surface area contributed by atoms with Crippen LogP contribution in [0.1, 0.15) is 32.3 Å². The number of rotatable bonds is 14. The van der Waals surface area contributed by atoms with E-state index in [0.29, 0.717) is 56.9 Å². The molecule has 42 heavy (non-hydrogen) atoms. The number of morpholine rings is 1. The number of hydrogen-bond donors (Lipinski definition) is 3. The molecule has 4 aliphatic carbocycles. The second kappa shape index (κ2) is 11.6. The van der Waals surface area contributed by atoms with E-state index in [1.54, 1.807) is 33.1 Å². The summed E-state index contributed by atoms with van der Waals surface area (Å²) in [7, 11) is 1.58. The fourth-order valence-corrected chi connectivity index (χ4v) is 7.19. The molecular formula is C31H42N4O7. The van der Waals surface area contributed by atoms with Crippen LogP contribution in [0.15, 0.2) is 24.3 Å². The van der Waals surface area contributed by atoms with Crippen molar-refractivity contribution >= 4 is 23.5 Å². The first kappa shape index (κ1) is 29.1. The number of nitrogens with zero attached hydrogens (tertiary/aromatic N) is 1. The summed E-state index contributed by atoms with van der Waals surface area (Å²) < 4.78 is 16.0. The van der Waals surface area contributed by atoms with Crippen LogP contribution in [0.4, 0.5) is 0 Å². The zero-order chi connectivity index (χ0) is 29.6. The number of epoxide rings is 1. The zero-order valence-corrected chi connectivity index (χ0v) is 24.6. The van der Waals surface area contributed by atoms with Crippen molar-refractivity contribution in [3.63, 3.8) is 0 Å². The Bertz CT molecular complexity index is 1200. The summed E-state index contributed by atoms with van der Waals surface area (Å²) in [6.45, 7) is 6.36. The molecule has 0 radical (unpaired) electrons. The Morgan fingerprint density at radius 3 is 2.26 bits per heavy atom. The number of methoxy groups -OCH3 is 1. The van der Waals surface area contributed by atoms with Crippen LogP contribution in [0, 0.1) is 29.6 Å². The average Bonchev–Trinajstić information content (AvgIpc) is 3.94. The highest BCUT2D eigenvalue weighted by atomic mass is 16.6. The molecule has 2 heterocycles. The molecule has 2 bridgehead atoms. The van der Waals surface area contributed by atoms with Crippen LogP contribution < -0.4 is 20.7 Å². The maximum atomic E-state index is 13.8. The van der Waals surface area contributed by atoms with Gasteiger partial charge in [0.2, 0.25) is 17.7 Å². The molecule has 0 spiro atoms. The van der Waals surface area contributed by atoms with Crippen molar-refractivity contribution < 1.29 is 33.4 Å². The van der Waals surface area contributed by atoms with Crippen molar-refractivity contribution in [1.29, 1.82) is 0 Å². The summed E-state index contributed by atoms with van der Waals surface area (Å²) in [6.07, 6.45) is 1.95. The van der Waals surface area contributed by atoms with Crippen LogP contribution in [0.25, 0.3) is 0 Å². The number of Topliss-reactive ketones (excluding diaryl/α,β-unsaturated/α-hetero) is 1. The first-order chi connectivity index (χ1) is 20.2. The molecule has 4 saturated carbocycles. The molecule has 2 saturated heterocycles. The SMILES string of the molecule is COc1ccc(C[C@H](NC(=O)[C@H](C)NC(=O)CN2CCOCC2)C(=O)N[C@@H](C[C@H]2CC3C4C2[C@H]34)C(=O)[C@@]2(C)CO2)cc1. The largest absolute Gasteiger partial charge is 0.497 e. The molecule has 6 fully saturated rings. The third-order valence-corrected chi connectivity index (χ3v) is 9.90. The highest BCUT2D eigenvalue weighted by molar-refractivity contribution is 5.98. The normalized spacial score (nSPS) is 32.5. The van der Waals surface area contributed by atoms with Gasteiger partial charge in [0.1, 0.15) is 23.4 Å². The van der Waals surface area contributed by atoms with Crippen LogP contribution in [-0.2, 0) is 35.1 Å². The third-order valence-electron chi connectivity index (χ3n) is 9.90. The lowest BCUT2D eigenvalue weighted by Gasteiger charge is -2.27. The van der Waals surface area contributed by atoms with E-state index in [0.717, 1.165) is 29.7 Å². The Kier molecular flexibility index (Phi) is 8.01. The second-order valence-electron chi connectivity index (χ2n) is 12.9. The van der Waals surface area contributed by atoms with E-state index in [1.807, 2.05) is 17.0 Å². The second-order valence-corrected chi connectivity index (χ2v) is 12.9. The first-order valence-corrected chi connectivity index (χ1v) is 15.2. The number of carbonyl (C=O) groups excluding carboxylic acids is 4. The van der Waals surface area contributed by atoms with Gasteiger partial charge in [0.05, 0.1) is 39.5 Å². The Morgan fingerprint density at radius 2 is 1.67 bits per heavy atom. The van der Waals surface area contributed by atoms with Crippen molar-refractivity contribution in [2.24, 2.45) is 29.6 Å². The van der Waals surface area contributed by atoms with Crippen molar-refractivity contribution in [3.05, 3.63) is 29.8 Å². The molecule has 3 unspecified atom stereocenters. The lowest BCUT2D eigenvalue weighted by atomic mass is 9.90. The summed E-state index contributed by atoms with van der Waals surface area (Å²) in [5.74, 6) is 3.06. The van der Waals surface area contributed by atoms with Crippen LogP contribution in [-0.4, -0.2) is 98.7 Å². The smallest absolute Gasteiger partial charge is 0.243 e. The monoisotopic (exact) mass is 582 g/mol. The Hall–Kier alpha value is -3.02. The fraction of sp³-hybridized carbons (Fsp3) is 0.677. The molecule has 7 rings (SSSR count). The predicted molar refractivity (Wildman–Crippen MR) is 151 cm³/mol. The van der Waals surface area contributed by atoms with Gasteiger partial charge in [-0.2, -0.15) is 0 Å². The van der Waals surface area contributed by atoms with E-state index < -0.39 is 35.5 Å². The van der Waals surface area contributed by atoms with Gasteiger partial charge in [-0.3, -0.25) is 24.1 Å². The van der Waals surface area contributed by atoms with E-state index in [2.05, 4.69) is 16.0 Å². The lowest BCUT2D eigenvalue weighted by molar-refractivity contribution is -0.134. The van der Waals surface area contributed by atoms with E-state index in [9.17, 15) is 19.2 Å². The van der Waals surface area contributed by atoms with E-state index >= 15 is 0 Å². The molecule has 11 heteroatoms. The zero-order valence-electron chi connectivity index (χ0n) is 24.6. The third kappa shape index (κ3) is 6.18. The van der Waals surface area contributed by atoms with Gasteiger partial charge >= 0.3 is 0 Å². The average molecular weight is 583 g/mol. The van der Waals surface area contributed by atoms with Crippen LogP contribution in [0.2, 0.25) is 0 Å². The molecule has 1 aromatic carbocycles. The number of ketones is 1. The predicted octanol–water partition coefficient (Wildman–Crippen LogP) is 0.304. The minimum absolute atomic E-state index is 0.104.